The number of amides is 1. The highest BCUT2D eigenvalue weighted by atomic mass is 16.7. The van der Waals surface area contributed by atoms with Gasteiger partial charge in [-0.05, 0) is 48.1 Å². The van der Waals surface area contributed by atoms with Crippen LogP contribution in [0.5, 0.6) is 11.5 Å². The van der Waals surface area contributed by atoms with Crippen molar-refractivity contribution in [1.29, 1.82) is 0 Å². The van der Waals surface area contributed by atoms with Crippen LogP contribution in [-0.2, 0) is 17.8 Å². The van der Waals surface area contributed by atoms with Crippen LogP contribution < -0.4 is 9.47 Å². The van der Waals surface area contributed by atoms with Gasteiger partial charge in [-0.1, -0.05) is 31.4 Å². The normalized spacial score (nSPS) is 16.3. The molecule has 4 rings (SSSR count). The molecule has 1 fully saturated rings. The highest BCUT2D eigenvalue weighted by Gasteiger charge is 2.22. The number of hydrogen-bond acceptors (Lipinski definition) is 4. The van der Waals surface area contributed by atoms with Crippen LogP contribution in [0.15, 0.2) is 42.7 Å². The van der Waals surface area contributed by atoms with Gasteiger partial charge in [0, 0.05) is 25.5 Å². The molecule has 1 aromatic carbocycles. The monoisotopic (exact) mass is 366 g/mol. The first-order valence-electron chi connectivity index (χ1n) is 9.83. The van der Waals surface area contributed by atoms with Gasteiger partial charge in [-0.15, -0.1) is 0 Å². The third-order valence-corrected chi connectivity index (χ3v) is 5.44. The topological polar surface area (TPSA) is 51.7 Å². The van der Waals surface area contributed by atoms with Gasteiger partial charge in [0.1, 0.15) is 0 Å². The van der Waals surface area contributed by atoms with Crippen molar-refractivity contribution in [3.8, 4) is 11.5 Å². The van der Waals surface area contributed by atoms with Gasteiger partial charge in [0.15, 0.2) is 11.5 Å². The molecule has 0 atom stereocenters. The van der Waals surface area contributed by atoms with E-state index in [1.54, 1.807) is 6.20 Å². The predicted octanol–water partition coefficient (Wildman–Crippen LogP) is 3.96. The van der Waals surface area contributed by atoms with E-state index in [2.05, 4.69) is 4.98 Å². The summed E-state index contributed by atoms with van der Waals surface area (Å²) in [5.74, 6) is 2.24. The minimum Gasteiger partial charge on any atom is -0.454 e. The van der Waals surface area contributed by atoms with Crippen molar-refractivity contribution in [2.75, 3.05) is 13.3 Å². The van der Waals surface area contributed by atoms with Crippen LogP contribution in [0.3, 0.4) is 0 Å². The fraction of sp³-hybridized carbons (Fsp3) is 0.455. The summed E-state index contributed by atoms with van der Waals surface area (Å²) in [4.78, 5) is 19.3. The van der Waals surface area contributed by atoms with Crippen molar-refractivity contribution >= 4 is 5.91 Å². The molecule has 142 valence electrons. The molecule has 2 aliphatic rings. The summed E-state index contributed by atoms with van der Waals surface area (Å²) in [5.41, 5.74) is 2.04. The molecule has 1 saturated carbocycles. The number of nitrogens with zero attached hydrogens (tertiary/aromatic N) is 2. The Balaban J connectivity index is 1.46. The van der Waals surface area contributed by atoms with Crippen LogP contribution in [0.25, 0.3) is 0 Å². The first-order valence-corrected chi connectivity index (χ1v) is 9.83. The molecule has 27 heavy (non-hydrogen) atoms. The zero-order chi connectivity index (χ0) is 18.5. The third-order valence-electron chi connectivity index (χ3n) is 5.44. The van der Waals surface area contributed by atoms with Crippen LogP contribution in [0, 0.1) is 5.92 Å². The van der Waals surface area contributed by atoms with Crippen LogP contribution in [0.1, 0.15) is 43.2 Å². The Bertz CT molecular complexity index is 772. The van der Waals surface area contributed by atoms with Gasteiger partial charge in [-0.25, -0.2) is 0 Å². The zero-order valence-corrected chi connectivity index (χ0v) is 15.6. The molecule has 0 N–H and O–H groups in total. The quantitative estimate of drug-likeness (QED) is 0.776. The minimum absolute atomic E-state index is 0.156. The zero-order valence-electron chi connectivity index (χ0n) is 15.6. The van der Waals surface area contributed by atoms with E-state index < -0.39 is 0 Å². The lowest BCUT2D eigenvalue weighted by Crippen LogP contribution is -2.36. The number of aromatic nitrogens is 1. The summed E-state index contributed by atoms with van der Waals surface area (Å²) < 4.78 is 10.8. The summed E-state index contributed by atoms with van der Waals surface area (Å²) >= 11 is 0. The minimum atomic E-state index is 0.156. The first-order chi connectivity index (χ1) is 13.3. The van der Waals surface area contributed by atoms with Crippen molar-refractivity contribution in [3.05, 3.63) is 53.9 Å². The number of hydrogen-bond donors (Lipinski definition) is 0. The second-order valence-corrected chi connectivity index (χ2v) is 7.50. The molecule has 0 spiro atoms. The smallest absolute Gasteiger partial charge is 0.231 e. The molecule has 1 aliphatic heterocycles. The summed E-state index contributed by atoms with van der Waals surface area (Å²) in [5, 5.41) is 0. The maximum absolute atomic E-state index is 13.1. The lowest BCUT2D eigenvalue weighted by atomic mass is 9.88. The molecule has 0 saturated heterocycles. The molecule has 0 radical (unpaired) electrons. The first kappa shape index (κ1) is 17.8. The van der Waals surface area contributed by atoms with E-state index in [1.165, 1.54) is 32.1 Å². The Morgan fingerprint density at radius 2 is 1.93 bits per heavy atom. The second-order valence-electron chi connectivity index (χ2n) is 7.50. The summed E-state index contributed by atoms with van der Waals surface area (Å²) in [6.07, 6.45) is 10.3. The van der Waals surface area contributed by atoms with Gasteiger partial charge in [0.2, 0.25) is 12.7 Å². The van der Waals surface area contributed by atoms with Gasteiger partial charge in [0.25, 0.3) is 0 Å². The van der Waals surface area contributed by atoms with E-state index >= 15 is 0 Å². The van der Waals surface area contributed by atoms with E-state index in [9.17, 15) is 4.79 Å². The van der Waals surface area contributed by atoms with E-state index in [4.69, 9.17) is 9.47 Å². The molecule has 1 amide bonds. The average Bonchev–Trinajstić information content (AvgIpc) is 3.17. The number of rotatable bonds is 6. The van der Waals surface area contributed by atoms with E-state index in [0.717, 1.165) is 29.2 Å². The average molecular weight is 366 g/mol. The Morgan fingerprint density at radius 3 is 2.74 bits per heavy atom. The molecular formula is C22H26N2O3. The summed E-state index contributed by atoms with van der Waals surface area (Å²) in [6.45, 7) is 1.70. The van der Waals surface area contributed by atoms with Crippen molar-refractivity contribution in [1.82, 2.24) is 9.88 Å². The SMILES string of the molecule is O=C(Cc1ccc2c(c1)OCO2)N(Cc1cccnc1)CC1CCCCC1. The largest absolute Gasteiger partial charge is 0.454 e. The Labute approximate surface area is 160 Å². The van der Waals surface area contributed by atoms with Crippen molar-refractivity contribution in [3.63, 3.8) is 0 Å². The van der Waals surface area contributed by atoms with Gasteiger partial charge >= 0.3 is 0 Å². The van der Waals surface area contributed by atoms with Crippen LogP contribution in [-0.4, -0.2) is 29.1 Å². The van der Waals surface area contributed by atoms with Crippen molar-refractivity contribution in [2.24, 2.45) is 5.92 Å². The number of pyridine rings is 1. The number of carbonyl (C=O) groups excluding carboxylic acids is 1. The number of carbonyl (C=O) groups is 1. The van der Waals surface area contributed by atoms with Gasteiger partial charge < -0.3 is 14.4 Å². The lowest BCUT2D eigenvalue weighted by molar-refractivity contribution is -0.132. The standard InChI is InChI=1S/C22H26N2O3/c25-22(12-18-8-9-20-21(11-18)27-16-26-20)24(14-17-5-2-1-3-6-17)15-19-7-4-10-23-13-19/h4,7-11,13,17H,1-3,5-6,12,14-16H2. The van der Waals surface area contributed by atoms with Crippen molar-refractivity contribution < 1.29 is 14.3 Å². The predicted molar refractivity (Wildman–Crippen MR) is 102 cm³/mol. The van der Waals surface area contributed by atoms with E-state index in [1.807, 2.05) is 41.4 Å². The number of ether oxygens (including phenoxy) is 2. The Hall–Kier alpha value is -2.56. The number of benzene rings is 1. The van der Waals surface area contributed by atoms with Gasteiger partial charge in [0.05, 0.1) is 6.42 Å². The number of fused-ring (bicyclic) bond motifs is 1. The van der Waals surface area contributed by atoms with Crippen LogP contribution >= 0.6 is 0 Å². The fourth-order valence-corrected chi connectivity index (χ4v) is 3.99. The Morgan fingerprint density at radius 1 is 1.07 bits per heavy atom. The second kappa shape index (κ2) is 8.42. The molecule has 0 unspecified atom stereocenters. The highest BCUT2D eigenvalue weighted by Crippen LogP contribution is 2.33. The molecule has 2 aromatic rings. The lowest BCUT2D eigenvalue weighted by Gasteiger charge is -2.30. The van der Waals surface area contributed by atoms with Crippen molar-refractivity contribution in [2.45, 2.75) is 45.1 Å². The Kier molecular flexibility index (Phi) is 5.56. The molecule has 5 nitrogen and oxygen atoms in total. The van der Waals surface area contributed by atoms with Gasteiger partial charge in [-0.2, -0.15) is 0 Å². The highest BCUT2D eigenvalue weighted by molar-refractivity contribution is 5.79. The maximum Gasteiger partial charge on any atom is 0.231 e. The molecule has 1 aliphatic carbocycles. The third kappa shape index (κ3) is 4.59. The molecule has 1 aromatic heterocycles. The van der Waals surface area contributed by atoms with E-state index in [0.29, 0.717) is 18.9 Å². The molecule has 0 bridgehead atoms. The van der Waals surface area contributed by atoms with Crippen LogP contribution in [0.4, 0.5) is 0 Å². The van der Waals surface area contributed by atoms with Gasteiger partial charge in [-0.3, -0.25) is 9.78 Å². The molecular weight excluding hydrogens is 340 g/mol. The van der Waals surface area contributed by atoms with Crippen LogP contribution in [0.2, 0.25) is 0 Å². The summed E-state index contributed by atoms with van der Waals surface area (Å²) in [7, 11) is 0. The maximum atomic E-state index is 13.1. The molecule has 5 heteroatoms. The summed E-state index contributed by atoms with van der Waals surface area (Å²) in [6, 6.07) is 9.72. The fourth-order valence-electron chi connectivity index (χ4n) is 3.99. The molecule has 2 heterocycles. The van der Waals surface area contributed by atoms with E-state index in [-0.39, 0.29) is 12.7 Å².